The van der Waals surface area contributed by atoms with Gasteiger partial charge in [-0.15, -0.1) is 0 Å². The molecule has 68 valence electrons. The van der Waals surface area contributed by atoms with Crippen molar-refractivity contribution < 1.29 is 5.11 Å². The first-order valence-electron chi connectivity index (χ1n) is 3.98. The number of hydrogen-bond donors (Lipinski definition) is 2. The van der Waals surface area contributed by atoms with Gasteiger partial charge in [-0.2, -0.15) is 5.10 Å². The number of aliphatic hydroxyl groups excluding tert-OH is 1. The number of rotatable bonds is 2. The van der Waals surface area contributed by atoms with Crippen LogP contribution in [0, 0.1) is 0 Å². The first-order valence-corrected chi connectivity index (χ1v) is 3.98. The molecule has 1 atom stereocenters. The third-order valence-electron chi connectivity index (χ3n) is 1.91. The average molecular weight is 178 g/mol. The highest BCUT2D eigenvalue weighted by atomic mass is 16.3. The molecule has 2 rings (SSSR count). The number of aromatic nitrogens is 3. The summed E-state index contributed by atoms with van der Waals surface area (Å²) in [5, 5.41) is 13.4. The molecule has 0 saturated heterocycles. The molecule has 0 fully saturated rings. The zero-order valence-electron chi connectivity index (χ0n) is 6.96. The second kappa shape index (κ2) is 3.12. The van der Waals surface area contributed by atoms with Crippen LogP contribution in [0.25, 0.3) is 5.65 Å². The quantitative estimate of drug-likeness (QED) is 0.663. The van der Waals surface area contributed by atoms with E-state index in [-0.39, 0.29) is 6.54 Å². The molecule has 0 spiro atoms. The van der Waals surface area contributed by atoms with Crippen molar-refractivity contribution in [2.45, 2.75) is 6.10 Å². The van der Waals surface area contributed by atoms with Crippen LogP contribution in [0.3, 0.4) is 0 Å². The molecule has 3 N–H and O–H groups in total. The molecule has 0 bridgehead atoms. The highest BCUT2D eigenvalue weighted by Gasteiger charge is 2.05. The molecule has 0 amide bonds. The van der Waals surface area contributed by atoms with Gasteiger partial charge in [-0.1, -0.05) is 0 Å². The fourth-order valence-corrected chi connectivity index (χ4v) is 1.17. The van der Waals surface area contributed by atoms with E-state index >= 15 is 0 Å². The summed E-state index contributed by atoms with van der Waals surface area (Å²) < 4.78 is 1.63. The summed E-state index contributed by atoms with van der Waals surface area (Å²) in [5.41, 5.74) is 6.81. The molecule has 2 aromatic rings. The third-order valence-corrected chi connectivity index (χ3v) is 1.91. The van der Waals surface area contributed by atoms with E-state index in [1.54, 1.807) is 22.8 Å². The first kappa shape index (κ1) is 8.15. The highest BCUT2D eigenvalue weighted by Crippen LogP contribution is 2.12. The summed E-state index contributed by atoms with van der Waals surface area (Å²) in [7, 11) is 0. The van der Waals surface area contributed by atoms with Crippen molar-refractivity contribution >= 4 is 5.65 Å². The monoisotopic (exact) mass is 178 g/mol. The number of nitrogens with two attached hydrogens (primary N) is 1. The van der Waals surface area contributed by atoms with Gasteiger partial charge >= 0.3 is 0 Å². The predicted molar refractivity (Wildman–Crippen MR) is 47.0 cm³/mol. The zero-order valence-corrected chi connectivity index (χ0v) is 6.96. The van der Waals surface area contributed by atoms with Gasteiger partial charge in [0.25, 0.3) is 0 Å². The van der Waals surface area contributed by atoms with Crippen molar-refractivity contribution in [3.8, 4) is 0 Å². The average Bonchev–Trinajstić information content (AvgIpc) is 2.63. The Bertz CT molecular complexity index is 411. The van der Waals surface area contributed by atoms with Crippen molar-refractivity contribution in [2.75, 3.05) is 6.54 Å². The van der Waals surface area contributed by atoms with Gasteiger partial charge in [-0.05, 0) is 17.7 Å². The van der Waals surface area contributed by atoms with Gasteiger partial charge in [-0.25, -0.2) is 9.50 Å². The molecule has 0 aliphatic rings. The normalized spacial score (nSPS) is 13.4. The first-order chi connectivity index (χ1) is 6.31. The number of hydrogen-bond acceptors (Lipinski definition) is 4. The Morgan fingerprint density at radius 2 is 2.46 bits per heavy atom. The van der Waals surface area contributed by atoms with E-state index in [0.717, 1.165) is 5.56 Å². The summed E-state index contributed by atoms with van der Waals surface area (Å²) in [6.45, 7) is 0.213. The molecule has 0 saturated carbocycles. The molecule has 0 aliphatic heterocycles. The fourth-order valence-electron chi connectivity index (χ4n) is 1.17. The van der Waals surface area contributed by atoms with Gasteiger partial charge in [0.1, 0.15) is 6.33 Å². The molecule has 0 aliphatic carbocycles. The minimum absolute atomic E-state index is 0.213. The van der Waals surface area contributed by atoms with Crippen LogP contribution in [-0.4, -0.2) is 26.2 Å². The second-order valence-corrected chi connectivity index (χ2v) is 2.77. The van der Waals surface area contributed by atoms with Crippen LogP contribution in [0.1, 0.15) is 11.7 Å². The van der Waals surface area contributed by atoms with Gasteiger partial charge in [-0.3, -0.25) is 0 Å². The Labute approximate surface area is 74.8 Å². The predicted octanol–water partition coefficient (Wildman–Crippen LogP) is -0.279. The summed E-state index contributed by atoms with van der Waals surface area (Å²) in [6, 6.07) is 3.55. The van der Waals surface area contributed by atoms with Crippen molar-refractivity contribution in [3.05, 3.63) is 30.2 Å². The molecule has 2 heterocycles. The summed E-state index contributed by atoms with van der Waals surface area (Å²) in [6.07, 6.45) is 2.59. The summed E-state index contributed by atoms with van der Waals surface area (Å²) in [5.74, 6) is 0. The van der Waals surface area contributed by atoms with E-state index in [1.165, 1.54) is 6.33 Å². The maximum Gasteiger partial charge on any atom is 0.155 e. The lowest BCUT2D eigenvalue weighted by Crippen LogP contribution is -2.11. The van der Waals surface area contributed by atoms with E-state index in [4.69, 9.17) is 5.73 Å². The van der Waals surface area contributed by atoms with Crippen LogP contribution in [0.4, 0.5) is 0 Å². The molecule has 5 nitrogen and oxygen atoms in total. The Morgan fingerprint density at radius 1 is 1.62 bits per heavy atom. The van der Waals surface area contributed by atoms with E-state index < -0.39 is 6.10 Å². The van der Waals surface area contributed by atoms with Gasteiger partial charge < -0.3 is 10.8 Å². The largest absolute Gasteiger partial charge is 0.387 e. The van der Waals surface area contributed by atoms with Gasteiger partial charge in [0, 0.05) is 12.7 Å². The maximum atomic E-state index is 9.44. The molecular formula is C8H10N4O. The Hall–Kier alpha value is -1.46. The minimum atomic E-state index is -0.623. The van der Waals surface area contributed by atoms with Crippen LogP contribution in [-0.2, 0) is 0 Å². The van der Waals surface area contributed by atoms with E-state index in [2.05, 4.69) is 10.1 Å². The zero-order chi connectivity index (χ0) is 9.26. The second-order valence-electron chi connectivity index (χ2n) is 2.77. The molecule has 0 aromatic carbocycles. The van der Waals surface area contributed by atoms with Crippen molar-refractivity contribution in [2.24, 2.45) is 5.73 Å². The Morgan fingerprint density at radius 3 is 3.23 bits per heavy atom. The van der Waals surface area contributed by atoms with Crippen LogP contribution < -0.4 is 5.73 Å². The van der Waals surface area contributed by atoms with Crippen LogP contribution in [0.5, 0.6) is 0 Å². The van der Waals surface area contributed by atoms with Crippen LogP contribution >= 0.6 is 0 Å². The Kier molecular flexibility index (Phi) is 1.96. The summed E-state index contributed by atoms with van der Waals surface area (Å²) in [4.78, 5) is 4.00. The third kappa shape index (κ3) is 1.39. The molecule has 5 heteroatoms. The molecular weight excluding hydrogens is 168 g/mol. The van der Waals surface area contributed by atoms with Gasteiger partial charge in [0.2, 0.25) is 0 Å². The van der Waals surface area contributed by atoms with Crippen LogP contribution in [0.15, 0.2) is 24.7 Å². The number of nitrogens with zero attached hydrogens (tertiary/aromatic N) is 3. The molecule has 2 aromatic heterocycles. The lowest BCUT2D eigenvalue weighted by Gasteiger charge is -2.06. The van der Waals surface area contributed by atoms with E-state index in [9.17, 15) is 5.11 Å². The fraction of sp³-hybridized carbons (Fsp3) is 0.250. The summed E-state index contributed by atoms with van der Waals surface area (Å²) >= 11 is 0. The lowest BCUT2D eigenvalue weighted by molar-refractivity contribution is 0.186. The topological polar surface area (TPSA) is 76.4 Å². The van der Waals surface area contributed by atoms with Crippen LogP contribution in [0.2, 0.25) is 0 Å². The van der Waals surface area contributed by atoms with Gasteiger partial charge in [0.15, 0.2) is 5.65 Å². The van der Waals surface area contributed by atoms with Crippen molar-refractivity contribution in [3.63, 3.8) is 0 Å². The standard InChI is InChI=1S/C8H10N4O/c9-4-7(13)6-1-2-12-8(3-6)10-5-11-12/h1-3,5,7,13H,4,9H2. The minimum Gasteiger partial charge on any atom is -0.387 e. The van der Waals surface area contributed by atoms with E-state index in [0.29, 0.717) is 5.65 Å². The van der Waals surface area contributed by atoms with Crippen molar-refractivity contribution in [1.29, 1.82) is 0 Å². The number of fused-ring (bicyclic) bond motifs is 1. The molecule has 13 heavy (non-hydrogen) atoms. The highest BCUT2D eigenvalue weighted by molar-refractivity contribution is 5.40. The smallest absolute Gasteiger partial charge is 0.155 e. The SMILES string of the molecule is NCC(O)c1ccn2ncnc2c1. The molecule has 0 radical (unpaired) electrons. The van der Waals surface area contributed by atoms with Crippen molar-refractivity contribution in [1.82, 2.24) is 14.6 Å². The number of pyridine rings is 1. The number of aliphatic hydroxyl groups is 1. The molecule has 1 unspecified atom stereocenters. The lowest BCUT2D eigenvalue weighted by atomic mass is 10.1. The van der Waals surface area contributed by atoms with E-state index in [1.807, 2.05) is 0 Å². The Balaban J connectivity index is 2.48. The van der Waals surface area contributed by atoms with Gasteiger partial charge in [0.05, 0.1) is 6.10 Å². The maximum absolute atomic E-state index is 9.44.